The van der Waals surface area contributed by atoms with E-state index in [9.17, 15) is 0 Å². The lowest BCUT2D eigenvalue weighted by molar-refractivity contribution is 0.584. The van der Waals surface area contributed by atoms with Gasteiger partial charge < -0.3 is 0 Å². The molecule has 0 aromatic heterocycles. The zero-order valence-corrected chi connectivity index (χ0v) is 17.5. The molecule has 24 heavy (non-hydrogen) atoms. The van der Waals surface area contributed by atoms with Gasteiger partial charge in [0, 0.05) is 5.41 Å². The number of hydrogen-bond acceptors (Lipinski definition) is 0. The molecule has 0 unspecified atom stereocenters. The Morgan fingerprint density at radius 3 is 1.83 bits per heavy atom. The molecule has 0 saturated carbocycles. The Hall–Kier alpha value is -1.56. The monoisotopic (exact) mass is 324 g/mol. The summed E-state index contributed by atoms with van der Waals surface area (Å²) in [5.74, 6) is 0. The molecule has 1 aliphatic rings. The fourth-order valence-electron chi connectivity index (χ4n) is 3.66. The lowest BCUT2D eigenvalue weighted by atomic mass is 9.78. The summed E-state index contributed by atoms with van der Waals surface area (Å²) < 4.78 is 0. The lowest BCUT2D eigenvalue weighted by Crippen LogP contribution is -2.17. The van der Waals surface area contributed by atoms with Crippen LogP contribution in [-0.2, 0) is 10.8 Å². The third-order valence-corrected chi connectivity index (χ3v) is 4.74. The van der Waals surface area contributed by atoms with Gasteiger partial charge in [0.2, 0.25) is 0 Å². The van der Waals surface area contributed by atoms with Gasteiger partial charge in [0.15, 0.2) is 0 Å². The molecule has 0 heteroatoms. The van der Waals surface area contributed by atoms with Crippen LogP contribution in [0.15, 0.2) is 36.4 Å². The van der Waals surface area contributed by atoms with Gasteiger partial charge >= 0.3 is 0 Å². The molecule has 0 nitrogen and oxygen atoms in total. The van der Waals surface area contributed by atoms with Gasteiger partial charge in [-0.05, 0) is 45.7 Å². The Balaban J connectivity index is 0.000000671. The van der Waals surface area contributed by atoms with Crippen molar-refractivity contribution in [3.63, 3.8) is 0 Å². The zero-order chi connectivity index (χ0) is 18.7. The first-order chi connectivity index (χ1) is 11.2. The molecule has 2 aromatic rings. The first-order valence-electron chi connectivity index (χ1n) is 9.48. The summed E-state index contributed by atoms with van der Waals surface area (Å²) in [5.41, 5.74) is 8.97. The molecule has 132 valence electrons. The van der Waals surface area contributed by atoms with E-state index >= 15 is 0 Å². The van der Waals surface area contributed by atoms with Crippen molar-refractivity contribution < 1.29 is 0 Å². The number of aryl methyl sites for hydroxylation is 1. The number of benzene rings is 2. The number of fused-ring (bicyclic) bond motifs is 3. The van der Waals surface area contributed by atoms with Crippen molar-refractivity contribution in [2.75, 3.05) is 0 Å². The van der Waals surface area contributed by atoms with Gasteiger partial charge in [0.25, 0.3) is 0 Å². The molecule has 1 aliphatic carbocycles. The van der Waals surface area contributed by atoms with Gasteiger partial charge in [-0.2, -0.15) is 0 Å². The molecule has 0 heterocycles. The van der Waals surface area contributed by atoms with Gasteiger partial charge in [-0.25, -0.2) is 0 Å². The van der Waals surface area contributed by atoms with E-state index in [4.69, 9.17) is 0 Å². The normalized spacial score (nSPS) is 13.8. The van der Waals surface area contributed by atoms with E-state index in [-0.39, 0.29) is 10.8 Å². The highest BCUT2D eigenvalue weighted by atomic mass is 14.4. The summed E-state index contributed by atoms with van der Waals surface area (Å²) >= 11 is 0. The highest BCUT2D eigenvalue weighted by Crippen LogP contribution is 2.50. The van der Waals surface area contributed by atoms with E-state index in [1.54, 1.807) is 0 Å². The second-order valence-corrected chi connectivity index (χ2v) is 7.63. The predicted molar refractivity (Wildman–Crippen MR) is 110 cm³/mol. The fraction of sp³-hybridized carbons (Fsp3) is 0.500. The Kier molecular flexibility index (Phi) is 6.45. The standard InChI is InChI=1S/C20H24.2C2H6/c1-13-11-18-15(12-17(13)19(2,3)4)14-9-7-8-10-16(14)20(18,5)6;2*1-2/h7-12H,1-6H3;2*1-2H3. The molecule has 0 radical (unpaired) electrons. The van der Waals surface area contributed by atoms with E-state index in [0.29, 0.717) is 0 Å². The molecule has 0 fully saturated rings. The van der Waals surface area contributed by atoms with E-state index in [1.807, 2.05) is 27.7 Å². The SMILES string of the molecule is CC.CC.Cc1cc2c(cc1C(C)(C)C)-c1ccccc1C2(C)C. The van der Waals surface area contributed by atoms with Crippen LogP contribution in [0, 0.1) is 6.92 Å². The second kappa shape index (κ2) is 7.55. The topological polar surface area (TPSA) is 0 Å². The molecular weight excluding hydrogens is 288 g/mol. The molecule has 0 N–H and O–H groups in total. The van der Waals surface area contributed by atoms with Crippen molar-refractivity contribution in [2.24, 2.45) is 0 Å². The summed E-state index contributed by atoms with van der Waals surface area (Å²) in [4.78, 5) is 0. The highest BCUT2D eigenvalue weighted by molar-refractivity contribution is 5.81. The molecule has 0 aliphatic heterocycles. The van der Waals surface area contributed by atoms with Gasteiger partial charge in [0.1, 0.15) is 0 Å². The average Bonchev–Trinajstić information content (AvgIpc) is 2.78. The predicted octanol–water partition coefficient (Wildman–Crippen LogP) is 7.65. The largest absolute Gasteiger partial charge is 0.0683 e. The van der Waals surface area contributed by atoms with Gasteiger partial charge in [0.05, 0.1) is 0 Å². The first-order valence-corrected chi connectivity index (χ1v) is 9.48. The van der Waals surface area contributed by atoms with Crippen LogP contribution in [0.2, 0.25) is 0 Å². The average molecular weight is 325 g/mol. The number of hydrogen-bond donors (Lipinski definition) is 0. The van der Waals surface area contributed by atoms with Crippen molar-refractivity contribution in [2.45, 2.75) is 80.1 Å². The van der Waals surface area contributed by atoms with Crippen molar-refractivity contribution in [1.29, 1.82) is 0 Å². The third kappa shape index (κ3) is 3.43. The summed E-state index contributed by atoms with van der Waals surface area (Å²) in [6.07, 6.45) is 0. The van der Waals surface area contributed by atoms with E-state index in [0.717, 1.165) is 0 Å². The van der Waals surface area contributed by atoms with Crippen LogP contribution in [-0.4, -0.2) is 0 Å². The van der Waals surface area contributed by atoms with Crippen LogP contribution in [0.1, 0.15) is 84.6 Å². The van der Waals surface area contributed by atoms with Gasteiger partial charge in [-0.3, -0.25) is 0 Å². The maximum absolute atomic E-state index is 2.43. The van der Waals surface area contributed by atoms with Crippen LogP contribution in [0.3, 0.4) is 0 Å². The van der Waals surface area contributed by atoms with Crippen LogP contribution >= 0.6 is 0 Å². The molecule has 0 bridgehead atoms. The molecular formula is C24H36. The van der Waals surface area contributed by atoms with Crippen LogP contribution in [0.25, 0.3) is 11.1 Å². The lowest BCUT2D eigenvalue weighted by Gasteiger charge is -2.26. The maximum atomic E-state index is 2.43. The van der Waals surface area contributed by atoms with E-state index < -0.39 is 0 Å². The minimum atomic E-state index is 0.118. The molecule has 0 spiro atoms. The fourth-order valence-corrected chi connectivity index (χ4v) is 3.66. The second-order valence-electron chi connectivity index (χ2n) is 7.63. The minimum Gasteiger partial charge on any atom is -0.0683 e. The molecule has 3 rings (SSSR count). The Morgan fingerprint density at radius 2 is 1.29 bits per heavy atom. The summed E-state index contributed by atoms with van der Waals surface area (Å²) in [6.45, 7) is 21.8. The molecule has 0 saturated heterocycles. The van der Waals surface area contributed by atoms with E-state index in [1.165, 1.54) is 33.4 Å². The Labute approximate surface area is 150 Å². The van der Waals surface area contributed by atoms with Crippen LogP contribution in [0.5, 0.6) is 0 Å². The number of rotatable bonds is 0. The quantitative estimate of drug-likeness (QED) is 0.467. The smallest absolute Gasteiger partial charge is 0.0158 e. The van der Waals surface area contributed by atoms with Crippen LogP contribution < -0.4 is 0 Å². The van der Waals surface area contributed by atoms with Crippen LogP contribution in [0.4, 0.5) is 0 Å². The van der Waals surface area contributed by atoms with Crippen molar-refractivity contribution in [1.82, 2.24) is 0 Å². The van der Waals surface area contributed by atoms with E-state index in [2.05, 4.69) is 77.9 Å². The zero-order valence-electron chi connectivity index (χ0n) is 17.5. The van der Waals surface area contributed by atoms with Crippen molar-refractivity contribution >= 4 is 0 Å². The first kappa shape index (κ1) is 20.5. The Morgan fingerprint density at radius 1 is 0.750 bits per heavy atom. The van der Waals surface area contributed by atoms with Gasteiger partial charge in [-0.1, -0.05) is 98.7 Å². The Bertz CT molecular complexity index is 682. The highest BCUT2D eigenvalue weighted by Gasteiger charge is 2.36. The molecule has 0 amide bonds. The minimum absolute atomic E-state index is 0.118. The summed E-state index contributed by atoms with van der Waals surface area (Å²) in [5, 5.41) is 0. The molecule has 0 atom stereocenters. The van der Waals surface area contributed by atoms with Gasteiger partial charge in [-0.15, -0.1) is 0 Å². The summed E-state index contributed by atoms with van der Waals surface area (Å²) in [6, 6.07) is 13.7. The maximum Gasteiger partial charge on any atom is 0.0158 e. The van der Waals surface area contributed by atoms with Crippen molar-refractivity contribution in [3.8, 4) is 11.1 Å². The van der Waals surface area contributed by atoms with Crippen molar-refractivity contribution in [3.05, 3.63) is 58.7 Å². The third-order valence-electron chi connectivity index (χ3n) is 4.74. The molecule has 2 aromatic carbocycles. The summed E-state index contributed by atoms with van der Waals surface area (Å²) in [7, 11) is 0.